The van der Waals surface area contributed by atoms with E-state index in [4.69, 9.17) is 14.2 Å². The van der Waals surface area contributed by atoms with E-state index >= 15 is 0 Å². The first kappa shape index (κ1) is 20.3. The standard InChI is InChI=1S/C25H19N3O5/c29-24(26-18-7-9-20(10-8-18)33-19-4-2-1-3-5-19)15-28-25(30)13-11-21(27-28)17-6-12-22-23(14-17)32-16-31-22/h1-14H,15-16H2,(H,26,29). The second-order valence-electron chi connectivity index (χ2n) is 7.27. The molecule has 3 aromatic carbocycles. The van der Waals surface area contributed by atoms with Gasteiger partial charge in [-0.3, -0.25) is 9.59 Å². The molecule has 0 radical (unpaired) electrons. The van der Waals surface area contributed by atoms with E-state index in [1.807, 2.05) is 36.4 Å². The molecule has 0 unspecified atom stereocenters. The molecule has 0 saturated carbocycles. The number of ether oxygens (including phenoxy) is 3. The molecule has 1 aliphatic heterocycles. The maximum atomic E-state index is 12.5. The molecule has 8 heteroatoms. The number of hydrogen-bond donors (Lipinski definition) is 1. The molecular formula is C25H19N3O5. The van der Waals surface area contributed by atoms with Crippen LogP contribution >= 0.6 is 0 Å². The zero-order chi connectivity index (χ0) is 22.6. The van der Waals surface area contributed by atoms with Crippen molar-refractivity contribution in [3.8, 4) is 34.3 Å². The molecule has 0 aliphatic carbocycles. The van der Waals surface area contributed by atoms with Gasteiger partial charge >= 0.3 is 0 Å². The van der Waals surface area contributed by atoms with Crippen LogP contribution < -0.4 is 25.1 Å². The number of fused-ring (bicyclic) bond motifs is 1. The molecule has 1 amide bonds. The number of anilines is 1. The van der Waals surface area contributed by atoms with Gasteiger partial charge in [0.2, 0.25) is 12.7 Å². The van der Waals surface area contributed by atoms with Crippen molar-refractivity contribution >= 4 is 11.6 Å². The minimum Gasteiger partial charge on any atom is -0.457 e. The van der Waals surface area contributed by atoms with Gasteiger partial charge in [-0.25, -0.2) is 4.68 Å². The molecular weight excluding hydrogens is 422 g/mol. The van der Waals surface area contributed by atoms with Gasteiger partial charge in [-0.15, -0.1) is 0 Å². The molecule has 164 valence electrons. The number of amides is 1. The van der Waals surface area contributed by atoms with E-state index in [0.717, 1.165) is 16.0 Å². The highest BCUT2D eigenvalue weighted by atomic mass is 16.7. The van der Waals surface area contributed by atoms with Crippen molar-refractivity contribution in [1.82, 2.24) is 9.78 Å². The van der Waals surface area contributed by atoms with Gasteiger partial charge in [0, 0.05) is 17.3 Å². The van der Waals surface area contributed by atoms with Crippen LogP contribution in [0.2, 0.25) is 0 Å². The molecule has 33 heavy (non-hydrogen) atoms. The van der Waals surface area contributed by atoms with Crippen molar-refractivity contribution in [2.75, 3.05) is 12.1 Å². The summed E-state index contributed by atoms with van der Waals surface area (Å²) in [4.78, 5) is 24.8. The van der Waals surface area contributed by atoms with Gasteiger partial charge in [0.05, 0.1) is 5.69 Å². The van der Waals surface area contributed by atoms with Crippen LogP contribution in [0.4, 0.5) is 5.69 Å². The lowest BCUT2D eigenvalue weighted by Gasteiger charge is -2.10. The van der Waals surface area contributed by atoms with Gasteiger partial charge in [0.15, 0.2) is 11.5 Å². The number of para-hydroxylation sites is 1. The summed E-state index contributed by atoms with van der Waals surface area (Å²) in [5.74, 6) is 2.27. The number of nitrogens with one attached hydrogen (secondary N) is 1. The fourth-order valence-electron chi connectivity index (χ4n) is 3.34. The quantitative estimate of drug-likeness (QED) is 0.485. The van der Waals surface area contributed by atoms with E-state index in [2.05, 4.69) is 10.4 Å². The Morgan fingerprint density at radius 2 is 1.67 bits per heavy atom. The molecule has 4 aromatic rings. The van der Waals surface area contributed by atoms with Gasteiger partial charge < -0.3 is 19.5 Å². The number of nitrogens with zero attached hydrogens (tertiary/aromatic N) is 2. The van der Waals surface area contributed by atoms with Gasteiger partial charge in [-0.2, -0.15) is 5.10 Å². The van der Waals surface area contributed by atoms with E-state index in [9.17, 15) is 9.59 Å². The molecule has 1 aromatic heterocycles. The predicted molar refractivity (Wildman–Crippen MR) is 122 cm³/mol. The number of benzene rings is 3. The molecule has 0 spiro atoms. The molecule has 0 bridgehead atoms. The number of carbonyl (C=O) groups is 1. The van der Waals surface area contributed by atoms with Crippen molar-refractivity contribution in [3.05, 3.63) is 95.3 Å². The summed E-state index contributed by atoms with van der Waals surface area (Å²) in [5.41, 5.74) is 1.51. The fourth-order valence-corrected chi connectivity index (χ4v) is 3.34. The zero-order valence-corrected chi connectivity index (χ0v) is 17.4. The van der Waals surface area contributed by atoms with E-state index in [-0.39, 0.29) is 24.8 Å². The molecule has 8 nitrogen and oxygen atoms in total. The van der Waals surface area contributed by atoms with Gasteiger partial charge in [0.25, 0.3) is 5.56 Å². The summed E-state index contributed by atoms with van der Waals surface area (Å²) < 4.78 is 17.6. The van der Waals surface area contributed by atoms with E-state index in [1.165, 1.54) is 6.07 Å². The Kier molecular flexibility index (Phi) is 5.47. The minimum atomic E-state index is -0.374. The third kappa shape index (κ3) is 4.69. The molecule has 1 N–H and O–H groups in total. The van der Waals surface area contributed by atoms with Crippen LogP contribution in [0.25, 0.3) is 11.3 Å². The number of rotatable bonds is 6. The summed E-state index contributed by atoms with van der Waals surface area (Å²) in [6.45, 7) is -0.0509. The lowest BCUT2D eigenvalue weighted by Crippen LogP contribution is -2.29. The Bertz CT molecular complexity index is 1350. The minimum absolute atomic E-state index is 0.172. The average Bonchev–Trinajstić information content (AvgIpc) is 3.30. The van der Waals surface area contributed by atoms with E-state index in [0.29, 0.717) is 28.6 Å². The van der Waals surface area contributed by atoms with Crippen molar-refractivity contribution in [3.63, 3.8) is 0 Å². The second-order valence-corrected chi connectivity index (χ2v) is 7.27. The van der Waals surface area contributed by atoms with E-state index in [1.54, 1.807) is 42.5 Å². The van der Waals surface area contributed by atoms with Crippen molar-refractivity contribution in [1.29, 1.82) is 0 Å². The lowest BCUT2D eigenvalue weighted by molar-refractivity contribution is -0.117. The first-order chi connectivity index (χ1) is 16.1. The lowest BCUT2D eigenvalue weighted by atomic mass is 10.1. The normalized spacial score (nSPS) is 11.8. The van der Waals surface area contributed by atoms with E-state index < -0.39 is 0 Å². The molecule has 0 saturated heterocycles. The van der Waals surface area contributed by atoms with Crippen LogP contribution in [0, 0.1) is 0 Å². The van der Waals surface area contributed by atoms with Gasteiger partial charge in [0.1, 0.15) is 18.0 Å². The third-order valence-corrected chi connectivity index (χ3v) is 4.95. The topological polar surface area (TPSA) is 91.7 Å². The maximum absolute atomic E-state index is 12.5. The number of hydrogen-bond acceptors (Lipinski definition) is 6. The van der Waals surface area contributed by atoms with Crippen LogP contribution in [0.5, 0.6) is 23.0 Å². The van der Waals surface area contributed by atoms with Crippen LogP contribution in [0.1, 0.15) is 0 Å². The zero-order valence-electron chi connectivity index (χ0n) is 17.4. The molecule has 2 heterocycles. The summed E-state index contributed by atoms with van der Waals surface area (Å²) in [7, 11) is 0. The Balaban J connectivity index is 1.26. The van der Waals surface area contributed by atoms with Crippen LogP contribution in [-0.2, 0) is 11.3 Å². The summed E-state index contributed by atoms with van der Waals surface area (Å²) in [6.07, 6.45) is 0. The van der Waals surface area contributed by atoms with Gasteiger partial charge in [-0.05, 0) is 60.7 Å². The Morgan fingerprint density at radius 1 is 0.909 bits per heavy atom. The molecule has 1 aliphatic rings. The number of aromatic nitrogens is 2. The highest BCUT2D eigenvalue weighted by Gasteiger charge is 2.15. The van der Waals surface area contributed by atoms with Crippen LogP contribution in [-0.4, -0.2) is 22.5 Å². The van der Waals surface area contributed by atoms with Crippen molar-refractivity contribution in [2.45, 2.75) is 6.54 Å². The van der Waals surface area contributed by atoms with Crippen LogP contribution in [0.15, 0.2) is 89.7 Å². The monoisotopic (exact) mass is 441 g/mol. The second kappa shape index (κ2) is 8.88. The van der Waals surface area contributed by atoms with Crippen molar-refractivity contribution < 1.29 is 19.0 Å². The molecule has 0 atom stereocenters. The largest absolute Gasteiger partial charge is 0.457 e. The Labute approximate surface area is 189 Å². The van der Waals surface area contributed by atoms with Crippen LogP contribution in [0.3, 0.4) is 0 Å². The first-order valence-electron chi connectivity index (χ1n) is 10.2. The summed E-state index contributed by atoms with van der Waals surface area (Å²) >= 11 is 0. The summed E-state index contributed by atoms with van der Waals surface area (Å²) in [6, 6.07) is 24.8. The summed E-state index contributed by atoms with van der Waals surface area (Å²) in [5, 5.41) is 7.11. The smallest absolute Gasteiger partial charge is 0.267 e. The molecule has 0 fully saturated rings. The Hall–Kier alpha value is -4.59. The van der Waals surface area contributed by atoms with Crippen molar-refractivity contribution in [2.24, 2.45) is 0 Å². The Morgan fingerprint density at radius 3 is 2.48 bits per heavy atom. The predicted octanol–water partition coefficient (Wildman–Crippen LogP) is 4.07. The first-order valence-corrected chi connectivity index (χ1v) is 10.2. The fraction of sp³-hybridized carbons (Fsp3) is 0.0800. The SMILES string of the molecule is O=C(Cn1nc(-c2ccc3c(c2)OCO3)ccc1=O)Nc1ccc(Oc2ccccc2)cc1. The van der Waals surface area contributed by atoms with Gasteiger partial charge in [-0.1, -0.05) is 18.2 Å². The average molecular weight is 441 g/mol. The third-order valence-electron chi connectivity index (χ3n) is 4.95. The maximum Gasteiger partial charge on any atom is 0.267 e. The number of carbonyl (C=O) groups excluding carboxylic acids is 1. The highest BCUT2D eigenvalue weighted by molar-refractivity contribution is 5.90. The molecule has 5 rings (SSSR count). The highest BCUT2D eigenvalue weighted by Crippen LogP contribution is 2.35.